The fourth-order valence-electron chi connectivity index (χ4n) is 5.18. The van der Waals surface area contributed by atoms with Crippen LogP contribution < -0.4 is 39.3 Å². The molecule has 3 amide bonds. The van der Waals surface area contributed by atoms with Crippen molar-refractivity contribution in [3.8, 4) is 0 Å². The number of carbonyl (C=O) groups excluding carboxylic acids is 3. The maximum Gasteiger partial charge on any atom is 0.326 e. The molecule has 44 heavy (non-hydrogen) atoms. The number of amides is 3. The lowest BCUT2D eigenvalue weighted by molar-refractivity contribution is -0.145. The van der Waals surface area contributed by atoms with Crippen molar-refractivity contribution in [1.29, 1.82) is 0 Å². The second kappa shape index (κ2) is 16.1. The molecule has 3 rings (SSSR count). The summed E-state index contributed by atoms with van der Waals surface area (Å²) in [6.07, 6.45) is 3.96. The number of fused-ring (bicyclic) bond motifs is 1. The molecule has 16 nitrogen and oxygen atoms in total. The molecule has 1 aliphatic rings. The molecule has 0 spiro atoms. The minimum atomic E-state index is -1.21. The normalized spacial score (nSPS) is 16.5. The highest BCUT2D eigenvalue weighted by molar-refractivity contribution is 5.95. The Labute approximate surface area is 254 Å². The third-order valence-corrected chi connectivity index (χ3v) is 7.42. The molecule has 0 aliphatic carbocycles. The zero-order valence-electron chi connectivity index (χ0n) is 24.6. The Morgan fingerprint density at radius 2 is 1.64 bits per heavy atom. The highest BCUT2D eigenvalue weighted by Crippen LogP contribution is 2.23. The second-order valence-electron chi connectivity index (χ2n) is 10.7. The number of rotatable bonds is 16. The van der Waals surface area contributed by atoms with Gasteiger partial charge < -0.3 is 54.3 Å². The number of hydrogen-bond donors (Lipinski definition) is 9. The first-order valence-electron chi connectivity index (χ1n) is 14.5. The maximum absolute atomic E-state index is 14.0. The first kappa shape index (κ1) is 33.6. The predicted octanol–water partition coefficient (Wildman–Crippen LogP) is -1.81. The van der Waals surface area contributed by atoms with Gasteiger partial charge >= 0.3 is 5.97 Å². The van der Waals surface area contributed by atoms with Gasteiger partial charge in [-0.3, -0.25) is 24.4 Å². The summed E-state index contributed by atoms with van der Waals surface area (Å²) in [7, 11) is 0. The van der Waals surface area contributed by atoms with Gasteiger partial charge in [0.1, 0.15) is 18.1 Å². The van der Waals surface area contributed by atoms with Crippen LogP contribution in [0.25, 0.3) is 10.9 Å². The molecule has 1 fully saturated rings. The topological polar surface area (TPSA) is 286 Å². The standard InChI is InChI=1S/C28H43N11O5/c29-18(7-3-11-34-27(30)31)23(40)38-21(14-16-15-36-19-8-2-1-6-17(16)19)25(42)39-13-5-10-22(39)24(41)37-20(26(43)44)9-4-12-35-28(32)33/h1-2,6,8,15,18,20-22,36H,3-5,7,9-14,29H2,(H,37,41)(H,38,40)(H,43,44)(H4,30,31,34)(H4,32,33,35). The lowest BCUT2D eigenvalue weighted by Crippen LogP contribution is -2.57. The average molecular weight is 614 g/mol. The van der Waals surface area contributed by atoms with Crippen LogP contribution in [-0.2, 0) is 25.6 Å². The molecule has 2 heterocycles. The third-order valence-electron chi connectivity index (χ3n) is 7.42. The van der Waals surface area contributed by atoms with Crippen LogP contribution in [0.3, 0.4) is 0 Å². The molecule has 0 saturated carbocycles. The number of nitrogens with two attached hydrogens (primary N) is 5. The number of nitrogens with one attached hydrogen (secondary N) is 3. The zero-order valence-corrected chi connectivity index (χ0v) is 24.6. The van der Waals surface area contributed by atoms with Gasteiger partial charge in [-0.1, -0.05) is 18.2 Å². The van der Waals surface area contributed by atoms with Gasteiger partial charge in [0.05, 0.1) is 6.04 Å². The van der Waals surface area contributed by atoms with Gasteiger partial charge in [0.15, 0.2) is 11.9 Å². The molecule has 2 aromatic rings. The van der Waals surface area contributed by atoms with Crippen LogP contribution in [0.2, 0.25) is 0 Å². The molecule has 14 N–H and O–H groups in total. The van der Waals surface area contributed by atoms with Gasteiger partial charge in [-0.05, 0) is 50.2 Å². The lowest BCUT2D eigenvalue weighted by Gasteiger charge is -2.30. The second-order valence-corrected chi connectivity index (χ2v) is 10.7. The van der Waals surface area contributed by atoms with Crippen LogP contribution in [-0.4, -0.2) is 94.4 Å². The Morgan fingerprint density at radius 1 is 0.977 bits per heavy atom. The van der Waals surface area contributed by atoms with E-state index < -0.39 is 47.9 Å². The molecule has 1 aromatic heterocycles. The van der Waals surface area contributed by atoms with E-state index in [1.54, 1.807) is 6.20 Å². The van der Waals surface area contributed by atoms with Crippen molar-refractivity contribution in [1.82, 2.24) is 20.5 Å². The van der Waals surface area contributed by atoms with Crippen molar-refractivity contribution in [2.45, 2.75) is 69.1 Å². The fourth-order valence-corrected chi connectivity index (χ4v) is 5.18. The fraction of sp³-hybridized carbons (Fsp3) is 0.500. The summed E-state index contributed by atoms with van der Waals surface area (Å²) >= 11 is 0. The van der Waals surface area contributed by atoms with Crippen LogP contribution in [0.5, 0.6) is 0 Å². The van der Waals surface area contributed by atoms with Crippen LogP contribution >= 0.6 is 0 Å². The van der Waals surface area contributed by atoms with Crippen LogP contribution in [0.4, 0.5) is 0 Å². The number of nitrogens with zero attached hydrogens (tertiary/aromatic N) is 3. The number of aromatic nitrogens is 1. The van der Waals surface area contributed by atoms with E-state index >= 15 is 0 Å². The van der Waals surface area contributed by atoms with E-state index in [9.17, 15) is 24.3 Å². The summed E-state index contributed by atoms with van der Waals surface area (Å²) in [6.45, 7) is 0.781. The molecule has 1 aliphatic heterocycles. The highest BCUT2D eigenvalue weighted by Gasteiger charge is 2.39. The number of aliphatic carboxylic acids is 1. The molecule has 16 heteroatoms. The van der Waals surface area contributed by atoms with Crippen LogP contribution in [0, 0.1) is 0 Å². The summed E-state index contributed by atoms with van der Waals surface area (Å²) in [6, 6.07) is 3.52. The Morgan fingerprint density at radius 3 is 2.30 bits per heavy atom. The number of carboxylic acids is 1. The summed E-state index contributed by atoms with van der Waals surface area (Å²) in [5.41, 5.74) is 29.1. The van der Waals surface area contributed by atoms with Gasteiger partial charge in [0.25, 0.3) is 0 Å². The summed E-state index contributed by atoms with van der Waals surface area (Å²) < 4.78 is 0. The van der Waals surface area contributed by atoms with E-state index in [1.165, 1.54) is 4.90 Å². The smallest absolute Gasteiger partial charge is 0.326 e. The molecule has 1 aromatic carbocycles. The van der Waals surface area contributed by atoms with Gasteiger partial charge in [-0.15, -0.1) is 0 Å². The number of carboxylic acid groups (broad SMARTS) is 1. The number of aromatic amines is 1. The number of carbonyl (C=O) groups is 4. The summed E-state index contributed by atoms with van der Waals surface area (Å²) in [5, 5.41) is 15.9. The number of aliphatic imine (C=N–C) groups is 2. The van der Waals surface area contributed by atoms with Crippen molar-refractivity contribution in [3.63, 3.8) is 0 Å². The molecule has 1 saturated heterocycles. The van der Waals surface area contributed by atoms with Crippen LogP contribution in [0.1, 0.15) is 44.1 Å². The molecular weight excluding hydrogens is 570 g/mol. The number of H-pyrrole nitrogens is 1. The van der Waals surface area contributed by atoms with E-state index in [1.807, 2.05) is 24.3 Å². The van der Waals surface area contributed by atoms with Crippen molar-refractivity contribution in [3.05, 3.63) is 36.0 Å². The van der Waals surface area contributed by atoms with E-state index in [-0.39, 0.29) is 44.3 Å². The van der Waals surface area contributed by atoms with Gasteiger partial charge in [-0.2, -0.15) is 0 Å². The van der Waals surface area contributed by atoms with Crippen LogP contribution in [0.15, 0.2) is 40.4 Å². The Balaban J connectivity index is 1.76. The predicted molar refractivity (Wildman–Crippen MR) is 166 cm³/mol. The summed E-state index contributed by atoms with van der Waals surface area (Å²) in [4.78, 5) is 64.5. The van der Waals surface area contributed by atoms with Gasteiger partial charge in [-0.25, -0.2) is 4.79 Å². The Kier molecular flexibility index (Phi) is 12.3. The quantitative estimate of drug-likeness (QED) is 0.0581. The van der Waals surface area contributed by atoms with E-state index in [0.717, 1.165) is 16.5 Å². The maximum atomic E-state index is 14.0. The zero-order chi connectivity index (χ0) is 32.2. The number of guanidine groups is 2. The van der Waals surface area contributed by atoms with E-state index in [4.69, 9.17) is 28.7 Å². The molecule has 0 bridgehead atoms. The lowest BCUT2D eigenvalue weighted by atomic mass is 10.0. The third kappa shape index (κ3) is 9.58. The SMILES string of the molecule is NC(N)=NCCCC(N)C(=O)NC(Cc1c[nH]c2ccccc12)C(=O)N1CCCC1C(=O)NC(CCCN=C(N)N)C(=O)O. The van der Waals surface area contributed by atoms with Crippen molar-refractivity contribution >= 4 is 46.5 Å². The molecular formula is C28H43N11O5. The van der Waals surface area contributed by atoms with Crippen molar-refractivity contribution < 1.29 is 24.3 Å². The minimum Gasteiger partial charge on any atom is -0.480 e. The van der Waals surface area contributed by atoms with Gasteiger partial charge in [0.2, 0.25) is 17.7 Å². The first-order chi connectivity index (χ1) is 21.0. The molecule has 4 unspecified atom stereocenters. The monoisotopic (exact) mass is 613 g/mol. The highest BCUT2D eigenvalue weighted by atomic mass is 16.4. The number of hydrogen-bond acceptors (Lipinski definition) is 7. The first-order valence-corrected chi connectivity index (χ1v) is 14.5. The van der Waals surface area contributed by atoms with E-state index in [0.29, 0.717) is 32.2 Å². The number of likely N-dealkylation sites (tertiary alicyclic amines) is 1. The minimum absolute atomic E-state index is 0.0581. The number of para-hydroxylation sites is 1. The summed E-state index contributed by atoms with van der Waals surface area (Å²) in [5.74, 6) is -2.95. The molecule has 0 radical (unpaired) electrons. The van der Waals surface area contributed by atoms with E-state index in [2.05, 4.69) is 25.6 Å². The van der Waals surface area contributed by atoms with Crippen molar-refractivity contribution in [2.24, 2.45) is 38.7 Å². The Bertz CT molecular complexity index is 1370. The van der Waals surface area contributed by atoms with Gasteiger partial charge in [0, 0.05) is 43.2 Å². The number of benzene rings is 1. The molecule has 4 atom stereocenters. The Hall–Kier alpha value is -4.86. The average Bonchev–Trinajstić information content (AvgIpc) is 3.63. The largest absolute Gasteiger partial charge is 0.480 e. The molecule has 240 valence electrons. The van der Waals surface area contributed by atoms with Crippen molar-refractivity contribution in [2.75, 3.05) is 19.6 Å².